The maximum atomic E-state index is 10.9. The Hall–Kier alpha value is -1.91. The van der Waals surface area contributed by atoms with Crippen molar-refractivity contribution in [1.29, 1.82) is 0 Å². The molecule has 5 N–H and O–H groups in total. The highest BCUT2D eigenvalue weighted by atomic mass is 16.7. The van der Waals surface area contributed by atoms with Gasteiger partial charge >= 0.3 is 5.97 Å². The van der Waals surface area contributed by atoms with Gasteiger partial charge in [-0.25, -0.2) is 4.79 Å². The number of aromatic carboxylic acids is 1. The molecule has 5 atom stereocenters. The van der Waals surface area contributed by atoms with Gasteiger partial charge in [-0.15, -0.1) is 0 Å². The minimum absolute atomic E-state index is 0.0250. The van der Waals surface area contributed by atoms with E-state index in [1.54, 1.807) is 0 Å². The van der Waals surface area contributed by atoms with Gasteiger partial charge in [0.05, 0.1) is 19.3 Å². The molecule has 9 nitrogen and oxygen atoms in total. The van der Waals surface area contributed by atoms with Crippen molar-refractivity contribution in [1.82, 2.24) is 0 Å². The van der Waals surface area contributed by atoms with Gasteiger partial charge in [-0.3, -0.25) is 0 Å². The van der Waals surface area contributed by atoms with E-state index in [1.165, 1.54) is 25.3 Å². The molecule has 1 aliphatic rings. The van der Waals surface area contributed by atoms with Crippen LogP contribution in [-0.2, 0) is 4.74 Å². The molecule has 9 heteroatoms. The molecule has 0 aliphatic carbocycles. The summed E-state index contributed by atoms with van der Waals surface area (Å²) in [4.78, 5) is 10.9. The Bertz CT molecular complexity index is 559. The van der Waals surface area contributed by atoms with E-state index in [1.807, 2.05) is 0 Å². The number of rotatable bonds is 5. The molecule has 0 saturated carbocycles. The standard InChI is InChI=1S/C14H18O9/c1-21-8-4-6(13(19)20)2-3-7(8)22-14-12(18)11(17)10(16)9(5-15)23-14/h2-4,9-12,14-18H,5H2,1H3,(H,19,20). The Labute approximate surface area is 131 Å². The normalized spacial score (nSPS) is 30.7. The van der Waals surface area contributed by atoms with Crippen molar-refractivity contribution in [3.63, 3.8) is 0 Å². The predicted octanol–water partition coefficient (Wildman–Crippen LogP) is -1.43. The average molecular weight is 330 g/mol. The SMILES string of the molecule is COc1cc(C(=O)O)ccc1OC1OC(CO)C(O)C(O)C1O. The van der Waals surface area contributed by atoms with Crippen LogP contribution >= 0.6 is 0 Å². The lowest BCUT2D eigenvalue weighted by molar-refractivity contribution is -0.277. The number of carbonyl (C=O) groups is 1. The third-order valence-corrected chi connectivity index (χ3v) is 3.50. The Kier molecular flexibility index (Phi) is 5.39. The molecule has 1 aromatic rings. The van der Waals surface area contributed by atoms with Crippen LogP contribution < -0.4 is 9.47 Å². The highest BCUT2D eigenvalue weighted by Gasteiger charge is 2.44. The van der Waals surface area contributed by atoms with Crippen molar-refractivity contribution in [2.75, 3.05) is 13.7 Å². The van der Waals surface area contributed by atoms with Crippen LogP contribution in [0.25, 0.3) is 0 Å². The third kappa shape index (κ3) is 3.54. The lowest BCUT2D eigenvalue weighted by atomic mass is 9.99. The Morgan fingerprint density at radius 1 is 1.17 bits per heavy atom. The van der Waals surface area contributed by atoms with Gasteiger partial charge in [0.25, 0.3) is 0 Å². The van der Waals surface area contributed by atoms with E-state index in [0.29, 0.717) is 0 Å². The number of methoxy groups -OCH3 is 1. The van der Waals surface area contributed by atoms with Crippen LogP contribution in [0.5, 0.6) is 11.5 Å². The lowest BCUT2D eigenvalue weighted by Gasteiger charge is -2.39. The summed E-state index contributed by atoms with van der Waals surface area (Å²) < 4.78 is 15.6. The van der Waals surface area contributed by atoms with Crippen LogP contribution in [-0.4, -0.2) is 75.9 Å². The topological polar surface area (TPSA) is 146 Å². The molecule has 0 radical (unpaired) electrons. The molecule has 1 saturated heterocycles. The first-order valence-corrected chi connectivity index (χ1v) is 6.77. The van der Waals surface area contributed by atoms with Crippen molar-refractivity contribution < 1.29 is 44.5 Å². The van der Waals surface area contributed by atoms with Crippen molar-refractivity contribution in [3.05, 3.63) is 23.8 Å². The highest BCUT2D eigenvalue weighted by Crippen LogP contribution is 2.31. The van der Waals surface area contributed by atoms with Crippen LogP contribution in [0.2, 0.25) is 0 Å². The number of carboxylic acid groups (broad SMARTS) is 1. The summed E-state index contributed by atoms with van der Waals surface area (Å²) >= 11 is 0. The van der Waals surface area contributed by atoms with Crippen LogP contribution in [0.3, 0.4) is 0 Å². The number of ether oxygens (including phenoxy) is 3. The van der Waals surface area contributed by atoms with Gasteiger partial charge in [-0.1, -0.05) is 0 Å². The lowest BCUT2D eigenvalue weighted by Crippen LogP contribution is -2.60. The molecule has 0 amide bonds. The average Bonchev–Trinajstić information content (AvgIpc) is 2.55. The van der Waals surface area contributed by atoms with Gasteiger partial charge in [-0.2, -0.15) is 0 Å². The number of aliphatic hydroxyl groups excluding tert-OH is 4. The molecular weight excluding hydrogens is 312 g/mol. The molecule has 23 heavy (non-hydrogen) atoms. The largest absolute Gasteiger partial charge is 0.493 e. The zero-order valence-electron chi connectivity index (χ0n) is 12.2. The minimum atomic E-state index is -1.57. The zero-order valence-corrected chi connectivity index (χ0v) is 12.2. The van der Waals surface area contributed by atoms with E-state index < -0.39 is 43.3 Å². The molecule has 1 heterocycles. The van der Waals surface area contributed by atoms with E-state index in [2.05, 4.69) is 0 Å². The molecule has 1 aromatic carbocycles. The second-order valence-electron chi connectivity index (χ2n) is 4.99. The molecule has 128 valence electrons. The molecule has 2 rings (SSSR count). The number of hydrogen-bond acceptors (Lipinski definition) is 8. The summed E-state index contributed by atoms with van der Waals surface area (Å²) in [5, 5.41) is 47.4. The number of aliphatic hydroxyl groups is 4. The predicted molar refractivity (Wildman–Crippen MR) is 74.3 cm³/mol. The minimum Gasteiger partial charge on any atom is -0.493 e. The first-order valence-electron chi connectivity index (χ1n) is 6.77. The van der Waals surface area contributed by atoms with E-state index >= 15 is 0 Å². The Balaban J connectivity index is 2.22. The quantitative estimate of drug-likeness (QED) is 0.438. The van der Waals surface area contributed by atoms with Crippen molar-refractivity contribution in [3.8, 4) is 11.5 Å². The molecule has 5 unspecified atom stereocenters. The van der Waals surface area contributed by atoms with Crippen LogP contribution in [0, 0.1) is 0 Å². The maximum Gasteiger partial charge on any atom is 0.335 e. The second-order valence-corrected chi connectivity index (χ2v) is 4.99. The molecular formula is C14H18O9. The van der Waals surface area contributed by atoms with E-state index in [0.717, 1.165) is 0 Å². The van der Waals surface area contributed by atoms with Gasteiger partial charge in [0.2, 0.25) is 6.29 Å². The fourth-order valence-electron chi connectivity index (χ4n) is 2.19. The zero-order chi connectivity index (χ0) is 17.1. The monoisotopic (exact) mass is 330 g/mol. The van der Waals surface area contributed by atoms with Crippen molar-refractivity contribution in [2.24, 2.45) is 0 Å². The fourth-order valence-corrected chi connectivity index (χ4v) is 2.19. The van der Waals surface area contributed by atoms with Gasteiger partial charge in [0, 0.05) is 0 Å². The second kappa shape index (κ2) is 7.11. The number of hydrogen-bond donors (Lipinski definition) is 5. The van der Waals surface area contributed by atoms with Crippen LogP contribution in [0.4, 0.5) is 0 Å². The molecule has 1 aliphatic heterocycles. The fraction of sp³-hybridized carbons (Fsp3) is 0.500. The summed E-state index contributed by atoms with van der Waals surface area (Å²) in [7, 11) is 1.31. The van der Waals surface area contributed by atoms with Crippen molar-refractivity contribution >= 4 is 5.97 Å². The molecule has 0 spiro atoms. The van der Waals surface area contributed by atoms with Crippen LogP contribution in [0.1, 0.15) is 10.4 Å². The highest BCUT2D eigenvalue weighted by molar-refractivity contribution is 5.88. The summed E-state index contributed by atoms with van der Waals surface area (Å²) in [5.41, 5.74) is -0.0250. The van der Waals surface area contributed by atoms with Crippen LogP contribution in [0.15, 0.2) is 18.2 Å². The first kappa shape index (κ1) is 17.4. The van der Waals surface area contributed by atoms with Gasteiger partial charge < -0.3 is 39.7 Å². The summed E-state index contributed by atoms with van der Waals surface area (Å²) in [6.07, 6.45) is -7.13. The number of benzene rings is 1. The summed E-state index contributed by atoms with van der Waals surface area (Å²) in [6, 6.07) is 3.80. The summed E-state index contributed by atoms with van der Waals surface area (Å²) in [6.45, 7) is -0.583. The van der Waals surface area contributed by atoms with Crippen molar-refractivity contribution in [2.45, 2.75) is 30.7 Å². The Morgan fingerprint density at radius 3 is 2.43 bits per heavy atom. The van der Waals surface area contributed by atoms with E-state index in [-0.39, 0.29) is 17.1 Å². The number of carboxylic acids is 1. The van der Waals surface area contributed by atoms with E-state index in [4.69, 9.17) is 24.4 Å². The molecule has 0 aromatic heterocycles. The van der Waals surface area contributed by atoms with Gasteiger partial charge in [0.15, 0.2) is 11.5 Å². The first-order chi connectivity index (χ1) is 10.9. The summed E-state index contributed by atoms with van der Waals surface area (Å²) in [5.74, 6) is -0.994. The van der Waals surface area contributed by atoms with Gasteiger partial charge in [0.1, 0.15) is 24.4 Å². The maximum absolute atomic E-state index is 10.9. The Morgan fingerprint density at radius 2 is 1.87 bits per heavy atom. The van der Waals surface area contributed by atoms with E-state index in [9.17, 15) is 20.1 Å². The van der Waals surface area contributed by atoms with Gasteiger partial charge in [-0.05, 0) is 18.2 Å². The molecule has 0 bridgehead atoms. The third-order valence-electron chi connectivity index (χ3n) is 3.50. The smallest absolute Gasteiger partial charge is 0.335 e. The molecule has 1 fully saturated rings.